The average Bonchev–Trinajstić information content (AvgIpc) is 2.48. The molecule has 126 valence electrons. The van der Waals surface area contributed by atoms with Gasteiger partial charge in [0.1, 0.15) is 6.54 Å². The van der Waals surface area contributed by atoms with Gasteiger partial charge in [-0.1, -0.05) is 36.9 Å². The van der Waals surface area contributed by atoms with E-state index in [2.05, 4.69) is 44.9 Å². The molecule has 0 spiro atoms. The molecular formula is C17H28ClNO3. The first-order chi connectivity index (χ1) is 9.86. The normalized spacial score (nSPS) is 13.4. The van der Waals surface area contributed by atoms with E-state index in [1.807, 2.05) is 13.0 Å². The molecule has 0 radical (unpaired) electrons. The number of quaternary nitrogens is 1. The molecule has 0 bridgehead atoms. The van der Waals surface area contributed by atoms with E-state index in [0.29, 0.717) is 4.48 Å². The van der Waals surface area contributed by atoms with Crippen LogP contribution in [-0.4, -0.2) is 51.9 Å². The van der Waals surface area contributed by atoms with E-state index >= 15 is 0 Å². The molecule has 0 aliphatic heterocycles. The highest BCUT2D eigenvalue weighted by molar-refractivity contribution is 5.47. The van der Waals surface area contributed by atoms with E-state index in [1.54, 1.807) is 21.3 Å². The fourth-order valence-electron chi connectivity index (χ4n) is 2.88. The molecule has 1 aromatic rings. The second-order valence-corrected chi connectivity index (χ2v) is 5.71. The maximum Gasteiger partial charge on any atom is 0.345 e. The zero-order chi connectivity index (χ0) is 16.1. The van der Waals surface area contributed by atoms with Gasteiger partial charge >= 0.3 is 5.91 Å². The number of methoxy groups -OCH3 is 3. The SMILES string of the molecule is C=Cc1ccc(C[N+](C)(C)C(OC)(OC)C(C)OC)cc1.[Cl-]. The summed E-state index contributed by atoms with van der Waals surface area (Å²) in [4.78, 5) is 0. The predicted molar refractivity (Wildman–Crippen MR) is 85.6 cm³/mol. The van der Waals surface area contributed by atoms with E-state index in [9.17, 15) is 0 Å². The zero-order valence-electron chi connectivity index (χ0n) is 14.4. The molecule has 4 nitrogen and oxygen atoms in total. The molecule has 0 saturated carbocycles. The maximum absolute atomic E-state index is 5.73. The molecule has 0 aliphatic carbocycles. The number of benzene rings is 1. The molecule has 0 aliphatic rings. The predicted octanol–water partition coefficient (Wildman–Crippen LogP) is -0.108. The van der Waals surface area contributed by atoms with Gasteiger partial charge in [-0.15, -0.1) is 0 Å². The Balaban J connectivity index is 0.00000441. The third kappa shape index (κ3) is 4.09. The summed E-state index contributed by atoms with van der Waals surface area (Å²) in [7, 11) is 9.11. The zero-order valence-corrected chi connectivity index (χ0v) is 15.2. The second kappa shape index (κ2) is 8.65. The smallest absolute Gasteiger partial charge is 0.345 e. The van der Waals surface area contributed by atoms with E-state index in [0.717, 1.165) is 12.1 Å². The molecule has 0 amide bonds. The highest BCUT2D eigenvalue weighted by atomic mass is 35.5. The van der Waals surface area contributed by atoms with Crippen LogP contribution in [0.25, 0.3) is 6.08 Å². The minimum absolute atomic E-state index is 0. The molecule has 0 heterocycles. The van der Waals surface area contributed by atoms with Gasteiger partial charge in [0.15, 0.2) is 6.10 Å². The number of rotatable bonds is 8. The van der Waals surface area contributed by atoms with Gasteiger partial charge in [-0.3, -0.25) is 4.48 Å². The van der Waals surface area contributed by atoms with Crippen molar-refractivity contribution in [2.24, 2.45) is 0 Å². The quantitative estimate of drug-likeness (QED) is 0.492. The highest BCUT2D eigenvalue weighted by Gasteiger charge is 2.52. The number of hydrogen-bond donors (Lipinski definition) is 0. The molecule has 1 unspecified atom stereocenters. The van der Waals surface area contributed by atoms with Gasteiger partial charge < -0.3 is 26.6 Å². The van der Waals surface area contributed by atoms with Crippen molar-refractivity contribution in [3.63, 3.8) is 0 Å². The fraction of sp³-hybridized carbons (Fsp3) is 0.529. The van der Waals surface area contributed by atoms with Crippen LogP contribution in [0.3, 0.4) is 0 Å². The van der Waals surface area contributed by atoms with Crippen LogP contribution < -0.4 is 12.4 Å². The first kappa shape index (κ1) is 21.1. The van der Waals surface area contributed by atoms with Crippen LogP contribution in [0, 0.1) is 0 Å². The molecule has 5 heteroatoms. The van der Waals surface area contributed by atoms with Gasteiger partial charge in [-0.05, 0) is 12.5 Å². The largest absolute Gasteiger partial charge is 1.00 e. The lowest BCUT2D eigenvalue weighted by Gasteiger charge is -2.47. The Labute approximate surface area is 140 Å². The van der Waals surface area contributed by atoms with Gasteiger partial charge in [-0.2, -0.15) is 0 Å². The molecule has 22 heavy (non-hydrogen) atoms. The lowest BCUT2D eigenvalue weighted by Crippen LogP contribution is -3.00. The monoisotopic (exact) mass is 329 g/mol. The standard InChI is InChI=1S/C17H28NO3.ClH/c1-8-15-9-11-16(12-10-15)13-18(3,4)17(20-6,21-7)14(2)19-5;/h8-12,14H,1,13H2,2-7H3;1H/q+1;/p-1. The van der Waals surface area contributed by atoms with Gasteiger partial charge in [0.05, 0.1) is 14.1 Å². The number of hydrogen-bond acceptors (Lipinski definition) is 3. The summed E-state index contributed by atoms with van der Waals surface area (Å²) in [6.07, 6.45) is 1.63. The number of nitrogens with zero attached hydrogens (tertiary/aromatic N) is 1. The topological polar surface area (TPSA) is 27.7 Å². The minimum Gasteiger partial charge on any atom is -1.00 e. The van der Waals surface area contributed by atoms with Crippen LogP contribution in [0.5, 0.6) is 0 Å². The summed E-state index contributed by atoms with van der Waals surface area (Å²) in [6.45, 7) is 6.48. The number of likely N-dealkylation sites (N-methyl/N-ethyl adjacent to an activating group) is 1. The van der Waals surface area contributed by atoms with E-state index < -0.39 is 5.91 Å². The molecule has 0 aromatic heterocycles. The fourth-order valence-corrected chi connectivity index (χ4v) is 2.88. The summed E-state index contributed by atoms with van der Waals surface area (Å²) in [6, 6.07) is 8.32. The van der Waals surface area contributed by atoms with E-state index in [4.69, 9.17) is 14.2 Å². The van der Waals surface area contributed by atoms with Crippen molar-refractivity contribution in [3.8, 4) is 0 Å². The molecule has 1 rings (SSSR count). The van der Waals surface area contributed by atoms with Crippen molar-refractivity contribution in [3.05, 3.63) is 42.0 Å². The van der Waals surface area contributed by atoms with E-state index in [-0.39, 0.29) is 18.5 Å². The summed E-state index contributed by atoms with van der Waals surface area (Å²) < 4.78 is 17.4. The average molecular weight is 330 g/mol. The summed E-state index contributed by atoms with van der Waals surface area (Å²) in [5, 5.41) is 0. The van der Waals surface area contributed by atoms with Crippen LogP contribution in [0.2, 0.25) is 0 Å². The first-order valence-corrected chi connectivity index (χ1v) is 7.04. The molecule has 1 atom stereocenters. The van der Waals surface area contributed by atoms with Crippen LogP contribution in [0.15, 0.2) is 30.8 Å². The van der Waals surface area contributed by atoms with Crippen molar-refractivity contribution in [1.82, 2.24) is 0 Å². The lowest BCUT2D eigenvalue weighted by atomic mass is 10.1. The van der Waals surface area contributed by atoms with Crippen molar-refractivity contribution in [1.29, 1.82) is 0 Å². The lowest BCUT2D eigenvalue weighted by molar-refractivity contribution is -1.01. The molecule has 0 saturated heterocycles. The van der Waals surface area contributed by atoms with Gasteiger partial charge in [0, 0.05) is 26.9 Å². The Morgan fingerprint density at radius 1 is 1.14 bits per heavy atom. The van der Waals surface area contributed by atoms with Crippen molar-refractivity contribution >= 4 is 6.08 Å². The Morgan fingerprint density at radius 3 is 2.00 bits per heavy atom. The highest BCUT2D eigenvalue weighted by Crippen LogP contribution is 2.31. The maximum atomic E-state index is 5.73. The number of halogens is 1. The van der Waals surface area contributed by atoms with Gasteiger partial charge in [0.2, 0.25) is 0 Å². The van der Waals surface area contributed by atoms with Gasteiger partial charge in [-0.25, -0.2) is 0 Å². The van der Waals surface area contributed by atoms with Crippen molar-refractivity contribution < 1.29 is 31.1 Å². The first-order valence-electron chi connectivity index (χ1n) is 7.04. The van der Waals surface area contributed by atoms with Crippen LogP contribution in [-0.2, 0) is 20.8 Å². The van der Waals surface area contributed by atoms with Crippen LogP contribution in [0.4, 0.5) is 0 Å². The minimum atomic E-state index is -0.869. The summed E-state index contributed by atoms with van der Waals surface area (Å²) >= 11 is 0. The van der Waals surface area contributed by atoms with Crippen LogP contribution >= 0.6 is 0 Å². The number of ether oxygens (including phenoxy) is 3. The van der Waals surface area contributed by atoms with Crippen LogP contribution in [0.1, 0.15) is 18.1 Å². The van der Waals surface area contributed by atoms with Crippen molar-refractivity contribution in [2.45, 2.75) is 25.5 Å². The third-order valence-electron chi connectivity index (χ3n) is 4.09. The Bertz CT molecular complexity index is 455. The summed E-state index contributed by atoms with van der Waals surface area (Å²) in [5.41, 5.74) is 2.31. The Kier molecular flexibility index (Phi) is 8.29. The molecule has 0 N–H and O–H groups in total. The van der Waals surface area contributed by atoms with Gasteiger partial charge in [0.25, 0.3) is 0 Å². The molecule has 1 aromatic carbocycles. The molecule has 0 fully saturated rings. The second-order valence-electron chi connectivity index (χ2n) is 5.71. The Hall–Kier alpha value is -0.910. The molecular weight excluding hydrogens is 302 g/mol. The van der Waals surface area contributed by atoms with Crippen molar-refractivity contribution in [2.75, 3.05) is 35.4 Å². The Morgan fingerprint density at radius 2 is 1.64 bits per heavy atom. The third-order valence-corrected chi connectivity index (χ3v) is 4.09. The summed E-state index contributed by atoms with van der Waals surface area (Å²) in [5.74, 6) is -0.869. The van der Waals surface area contributed by atoms with E-state index in [1.165, 1.54) is 5.56 Å².